The van der Waals surface area contributed by atoms with Gasteiger partial charge < -0.3 is 24.9 Å². The number of rotatable bonds is 6. The topological polar surface area (TPSA) is 37.4 Å². The Balaban J connectivity index is 1.48. The summed E-state index contributed by atoms with van der Waals surface area (Å²) in [6, 6.07) is 10.7. The normalized spacial score (nSPS) is 21.0. The Bertz CT molecular complexity index is 588. The molecule has 2 heterocycles. The van der Waals surface area contributed by atoms with Crippen LogP contribution in [0.5, 0.6) is 0 Å². The van der Waals surface area contributed by atoms with Crippen molar-refractivity contribution in [1.82, 2.24) is 20.0 Å². The van der Waals surface area contributed by atoms with Crippen molar-refractivity contribution >= 4 is 11.6 Å². The molecule has 0 amide bonds. The second-order valence-corrected chi connectivity index (χ2v) is 8.21. The molecule has 2 aliphatic heterocycles. The number of hydrogen-bond donors (Lipinski definition) is 1. The minimum absolute atomic E-state index is 0.586. The third kappa shape index (κ3) is 6.11. The molecule has 1 N–H and O–H groups in total. The summed E-state index contributed by atoms with van der Waals surface area (Å²) in [5, 5.41) is 3.51. The zero-order valence-corrected chi connectivity index (χ0v) is 18.0. The maximum atomic E-state index is 4.99. The summed E-state index contributed by atoms with van der Waals surface area (Å²) >= 11 is 0. The van der Waals surface area contributed by atoms with E-state index in [1.54, 1.807) is 0 Å². The predicted molar refractivity (Wildman–Crippen MR) is 119 cm³/mol. The van der Waals surface area contributed by atoms with Crippen molar-refractivity contribution in [3.05, 3.63) is 30.3 Å². The Morgan fingerprint density at radius 1 is 1.00 bits per heavy atom. The highest BCUT2D eigenvalue weighted by atomic mass is 15.3. The molecule has 0 aliphatic carbocycles. The fourth-order valence-electron chi connectivity index (χ4n) is 4.01. The molecule has 0 aromatic heterocycles. The van der Waals surface area contributed by atoms with Gasteiger partial charge in [0.1, 0.15) is 0 Å². The summed E-state index contributed by atoms with van der Waals surface area (Å²) in [6.07, 6.45) is 0. The molecule has 3 rings (SSSR count). The van der Waals surface area contributed by atoms with Gasteiger partial charge in [-0.2, -0.15) is 0 Å². The molecule has 2 fully saturated rings. The van der Waals surface area contributed by atoms with Crippen molar-refractivity contribution < 1.29 is 0 Å². The van der Waals surface area contributed by atoms with E-state index in [-0.39, 0.29) is 0 Å². The standard InChI is InChI=1S/C22H38N6/c1-4-23-22(24-18-20(2)19-26-12-10-25(3)11-13-26)28-16-14-27(15-17-28)21-8-6-5-7-9-21/h5-9,20H,4,10-19H2,1-3H3,(H,23,24). The van der Waals surface area contributed by atoms with Gasteiger partial charge >= 0.3 is 0 Å². The van der Waals surface area contributed by atoms with Gasteiger partial charge in [0.25, 0.3) is 0 Å². The SMILES string of the molecule is CCNC(=NCC(C)CN1CCN(C)CC1)N1CCN(c2ccccc2)CC1. The van der Waals surface area contributed by atoms with Gasteiger partial charge in [0.2, 0.25) is 0 Å². The number of nitrogens with zero attached hydrogens (tertiary/aromatic N) is 5. The third-order valence-corrected chi connectivity index (χ3v) is 5.75. The third-order valence-electron chi connectivity index (χ3n) is 5.75. The summed E-state index contributed by atoms with van der Waals surface area (Å²) in [4.78, 5) is 14.9. The van der Waals surface area contributed by atoms with Gasteiger partial charge in [-0.05, 0) is 32.0 Å². The largest absolute Gasteiger partial charge is 0.368 e. The Hall–Kier alpha value is -1.79. The average Bonchev–Trinajstić information content (AvgIpc) is 2.73. The summed E-state index contributed by atoms with van der Waals surface area (Å²) in [5.41, 5.74) is 1.32. The molecule has 1 aromatic rings. The number of guanidine groups is 1. The number of nitrogens with one attached hydrogen (secondary N) is 1. The summed E-state index contributed by atoms with van der Waals surface area (Å²) in [6.45, 7) is 16.3. The van der Waals surface area contributed by atoms with Crippen LogP contribution in [0.1, 0.15) is 13.8 Å². The Morgan fingerprint density at radius 2 is 1.68 bits per heavy atom. The van der Waals surface area contributed by atoms with Crippen LogP contribution in [0.2, 0.25) is 0 Å². The molecule has 2 saturated heterocycles. The van der Waals surface area contributed by atoms with Crippen LogP contribution in [0, 0.1) is 5.92 Å². The first-order chi connectivity index (χ1) is 13.7. The van der Waals surface area contributed by atoms with Crippen LogP contribution < -0.4 is 10.2 Å². The molecule has 1 aromatic carbocycles. The molecule has 0 saturated carbocycles. The number of piperazine rings is 2. The molecule has 0 radical (unpaired) electrons. The van der Waals surface area contributed by atoms with Crippen LogP contribution in [0.15, 0.2) is 35.3 Å². The lowest BCUT2D eigenvalue weighted by atomic mass is 10.1. The molecule has 0 spiro atoms. The average molecular weight is 387 g/mol. The van der Waals surface area contributed by atoms with Crippen LogP contribution in [0.3, 0.4) is 0 Å². The number of hydrogen-bond acceptors (Lipinski definition) is 4. The quantitative estimate of drug-likeness (QED) is 0.595. The van der Waals surface area contributed by atoms with Crippen LogP contribution in [0.25, 0.3) is 0 Å². The lowest BCUT2D eigenvalue weighted by molar-refractivity contribution is 0.140. The van der Waals surface area contributed by atoms with Crippen molar-refractivity contribution in [2.24, 2.45) is 10.9 Å². The molecular formula is C22H38N6. The second kappa shape index (κ2) is 10.7. The number of benzene rings is 1. The monoisotopic (exact) mass is 386 g/mol. The molecular weight excluding hydrogens is 348 g/mol. The smallest absolute Gasteiger partial charge is 0.194 e. The zero-order valence-electron chi connectivity index (χ0n) is 18.0. The second-order valence-electron chi connectivity index (χ2n) is 8.21. The molecule has 28 heavy (non-hydrogen) atoms. The maximum absolute atomic E-state index is 4.99. The fourth-order valence-corrected chi connectivity index (χ4v) is 4.01. The molecule has 6 heteroatoms. The van der Waals surface area contributed by atoms with Gasteiger partial charge in [0.05, 0.1) is 0 Å². The van der Waals surface area contributed by atoms with E-state index >= 15 is 0 Å². The molecule has 6 nitrogen and oxygen atoms in total. The maximum Gasteiger partial charge on any atom is 0.194 e. The Labute approximate surface area is 171 Å². The molecule has 1 atom stereocenters. The van der Waals surface area contributed by atoms with E-state index in [1.807, 2.05) is 0 Å². The lowest BCUT2D eigenvalue weighted by Crippen LogP contribution is -2.52. The zero-order chi connectivity index (χ0) is 19.8. The van der Waals surface area contributed by atoms with E-state index in [9.17, 15) is 0 Å². The Morgan fingerprint density at radius 3 is 2.32 bits per heavy atom. The van der Waals surface area contributed by atoms with E-state index in [0.29, 0.717) is 5.92 Å². The molecule has 0 bridgehead atoms. The highest BCUT2D eigenvalue weighted by Gasteiger charge is 2.20. The van der Waals surface area contributed by atoms with E-state index in [0.717, 1.165) is 51.8 Å². The minimum Gasteiger partial charge on any atom is -0.368 e. The summed E-state index contributed by atoms with van der Waals surface area (Å²) in [7, 11) is 2.21. The molecule has 1 unspecified atom stereocenters. The summed E-state index contributed by atoms with van der Waals surface area (Å²) in [5.74, 6) is 1.67. The Kier molecular flexibility index (Phi) is 7.98. The van der Waals surface area contributed by atoms with E-state index in [1.165, 1.54) is 31.9 Å². The van der Waals surface area contributed by atoms with Crippen molar-refractivity contribution in [2.45, 2.75) is 13.8 Å². The summed E-state index contributed by atoms with van der Waals surface area (Å²) < 4.78 is 0. The van der Waals surface area contributed by atoms with E-state index < -0.39 is 0 Å². The fraction of sp³-hybridized carbons (Fsp3) is 0.682. The highest BCUT2D eigenvalue weighted by Crippen LogP contribution is 2.15. The van der Waals surface area contributed by atoms with Gasteiger partial charge in [-0.25, -0.2) is 0 Å². The first-order valence-corrected chi connectivity index (χ1v) is 10.9. The number of anilines is 1. The number of likely N-dealkylation sites (N-methyl/N-ethyl adjacent to an activating group) is 1. The van der Waals surface area contributed by atoms with Crippen molar-refractivity contribution in [3.63, 3.8) is 0 Å². The lowest BCUT2D eigenvalue weighted by Gasteiger charge is -2.38. The minimum atomic E-state index is 0.586. The van der Waals surface area contributed by atoms with Crippen LogP contribution >= 0.6 is 0 Å². The first kappa shape index (κ1) is 20.9. The predicted octanol–water partition coefficient (Wildman–Crippen LogP) is 1.66. The van der Waals surface area contributed by atoms with Crippen molar-refractivity contribution in [2.75, 3.05) is 83.9 Å². The van der Waals surface area contributed by atoms with Gasteiger partial charge in [-0.1, -0.05) is 25.1 Å². The van der Waals surface area contributed by atoms with Crippen LogP contribution in [-0.4, -0.2) is 99.7 Å². The van der Waals surface area contributed by atoms with Crippen molar-refractivity contribution in [3.8, 4) is 0 Å². The van der Waals surface area contributed by atoms with E-state index in [4.69, 9.17) is 4.99 Å². The van der Waals surface area contributed by atoms with Gasteiger partial charge in [0.15, 0.2) is 5.96 Å². The first-order valence-electron chi connectivity index (χ1n) is 10.9. The van der Waals surface area contributed by atoms with Gasteiger partial charge in [-0.15, -0.1) is 0 Å². The molecule has 2 aliphatic rings. The van der Waals surface area contributed by atoms with E-state index in [2.05, 4.69) is 76.1 Å². The van der Waals surface area contributed by atoms with Gasteiger partial charge in [0, 0.05) is 77.7 Å². The highest BCUT2D eigenvalue weighted by molar-refractivity contribution is 5.80. The van der Waals surface area contributed by atoms with Crippen LogP contribution in [-0.2, 0) is 0 Å². The van der Waals surface area contributed by atoms with Crippen molar-refractivity contribution in [1.29, 1.82) is 0 Å². The molecule has 156 valence electrons. The van der Waals surface area contributed by atoms with Crippen LogP contribution in [0.4, 0.5) is 5.69 Å². The van der Waals surface area contributed by atoms with Gasteiger partial charge in [-0.3, -0.25) is 4.99 Å². The number of para-hydroxylation sites is 1. The number of aliphatic imine (C=N–C) groups is 1.